The second-order valence-electron chi connectivity index (χ2n) is 37.5. The summed E-state index contributed by atoms with van der Waals surface area (Å²) in [6.07, 6.45) is 18.3. The Morgan fingerprint density at radius 2 is 0.400 bits per heavy atom. The van der Waals surface area contributed by atoms with Gasteiger partial charge in [-0.1, -0.05) is 316 Å². The van der Waals surface area contributed by atoms with Crippen LogP contribution >= 0.6 is 0 Å². The van der Waals surface area contributed by atoms with Crippen molar-refractivity contribution in [3.63, 3.8) is 0 Å². The summed E-state index contributed by atoms with van der Waals surface area (Å²) in [5, 5.41) is 0. The first-order chi connectivity index (χ1) is 29.5. The van der Waals surface area contributed by atoms with Crippen LogP contribution in [-0.2, 0) is 0 Å². The summed E-state index contributed by atoms with van der Waals surface area (Å²) in [5.41, 5.74) is 5.59. The van der Waals surface area contributed by atoms with Gasteiger partial charge in [-0.05, 0) is 124 Å². The highest BCUT2D eigenvalue weighted by Gasteiger charge is 2.28. The molecular formula is C70H154. The average molecular weight is 996 g/mol. The second kappa shape index (κ2) is 38.2. The second-order valence-corrected chi connectivity index (χ2v) is 37.5. The maximum absolute atomic E-state index is 5.06. The molecule has 0 aromatic carbocycles. The van der Waals surface area contributed by atoms with Crippen LogP contribution in [0.4, 0.5) is 0 Å². The smallest absolute Gasteiger partial charge is 0.0227 e. The van der Waals surface area contributed by atoms with Gasteiger partial charge < -0.3 is 0 Å². The van der Waals surface area contributed by atoms with Crippen LogP contribution in [0.2, 0.25) is 0 Å². The normalized spacial score (nSPS) is 15.2. The quantitative estimate of drug-likeness (QED) is 0.212. The highest BCUT2D eigenvalue weighted by molar-refractivity contribution is 4.97. The third-order valence-corrected chi connectivity index (χ3v) is 9.82. The molecule has 0 heteroatoms. The van der Waals surface area contributed by atoms with Crippen molar-refractivity contribution < 1.29 is 0 Å². The van der Waals surface area contributed by atoms with Gasteiger partial charge in [-0.3, -0.25) is 0 Å². The van der Waals surface area contributed by atoms with Crippen LogP contribution in [0.15, 0.2) is 0 Å². The van der Waals surface area contributed by atoms with E-state index in [2.05, 4.69) is 290 Å². The number of terminal acetylenes is 1. The van der Waals surface area contributed by atoms with Crippen molar-refractivity contribution in [2.24, 2.45) is 82.7 Å². The van der Waals surface area contributed by atoms with Crippen molar-refractivity contribution in [1.82, 2.24) is 0 Å². The Morgan fingerprint density at radius 1 is 0.286 bits per heavy atom. The fraction of sp³-hybridized carbons (Fsp3) is 0.971. The van der Waals surface area contributed by atoms with Gasteiger partial charge in [0, 0.05) is 5.41 Å². The molecule has 0 aromatic rings. The lowest BCUT2D eigenvalue weighted by Crippen LogP contribution is -2.25. The van der Waals surface area contributed by atoms with Crippen LogP contribution in [-0.4, -0.2) is 0 Å². The Labute approximate surface area is 455 Å². The Hall–Kier alpha value is -0.440. The minimum absolute atomic E-state index is 0.0694. The average Bonchev–Trinajstić information content (AvgIpc) is 3.52. The van der Waals surface area contributed by atoms with E-state index in [4.69, 9.17) is 6.42 Å². The van der Waals surface area contributed by atoms with E-state index in [-0.39, 0.29) is 5.41 Å². The van der Waals surface area contributed by atoms with E-state index in [1.807, 2.05) is 20.8 Å². The first-order valence-corrected chi connectivity index (χ1v) is 28.9. The highest BCUT2D eigenvalue weighted by atomic mass is 14.3. The zero-order valence-electron chi connectivity index (χ0n) is 59.2. The summed E-state index contributed by atoms with van der Waals surface area (Å²) in [7, 11) is 0. The third kappa shape index (κ3) is 151. The summed E-state index contributed by atoms with van der Waals surface area (Å²) in [4.78, 5) is 0. The number of hydrogen-bond acceptors (Lipinski definition) is 0. The van der Waals surface area contributed by atoms with Gasteiger partial charge in [0.1, 0.15) is 0 Å². The SMILES string of the molecule is C#CC(C)(C)C.CC(C)(C)C.CC(C)(C)C.CC(C)(C)C.CC(C)(C)C.CC(C)(C)C.CC(C)(C)C.CC(C)(C)C(C)(C)C.CC(C)(C)C1CCCC1.CC(C)(C)C1CCCCC1.CC(C)C(C)(C)C. The van der Waals surface area contributed by atoms with Gasteiger partial charge in [0.25, 0.3) is 0 Å². The van der Waals surface area contributed by atoms with Crippen molar-refractivity contribution >= 4 is 0 Å². The van der Waals surface area contributed by atoms with Crippen molar-refractivity contribution in [3.8, 4) is 12.3 Å². The first kappa shape index (κ1) is 89.2. The summed E-state index contributed by atoms with van der Waals surface area (Å²) in [6.45, 7) is 97.7. The molecule has 0 aromatic heterocycles. The molecule has 0 spiro atoms. The molecule has 2 aliphatic rings. The maximum Gasteiger partial charge on any atom is 0.0227 e. The fourth-order valence-electron chi connectivity index (χ4n) is 3.76. The fourth-order valence-corrected chi connectivity index (χ4v) is 3.76. The molecule has 2 saturated carbocycles. The maximum atomic E-state index is 5.06. The number of hydrogen-bond donors (Lipinski definition) is 0. The van der Waals surface area contributed by atoms with E-state index >= 15 is 0 Å². The van der Waals surface area contributed by atoms with Crippen molar-refractivity contribution in [1.29, 1.82) is 0 Å². The van der Waals surface area contributed by atoms with Gasteiger partial charge in [-0.15, -0.1) is 12.3 Å². The minimum Gasteiger partial charge on any atom is -0.120 e. The van der Waals surface area contributed by atoms with E-state index in [0.717, 1.165) is 17.8 Å². The highest BCUT2D eigenvalue weighted by Crippen LogP contribution is 2.39. The lowest BCUT2D eigenvalue weighted by Gasteiger charge is -2.34. The molecule has 0 radical (unpaired) electrons. The van der Waals surface area contributed by atoms with E-state index in [0.29, 0.717) is 59.6 Å². The van der Waals surface area contributed by atoms with E-state index in [1.165, 1.54) is 57.8 Å². The summed E-state index contributed by atoms with van der Waals surface area (Å²) >= 11 is 0. The lowest BCUT2D eigenvalue weighted by molar-refractivity contribution is 0.157. The molecule has 0 N–H and O–H groups in total. The Balaban J connectivity index is -0.0000000845. The zero-order chi connectivity index (χ0) is 59.8. The molecule has 434 valence electrons. The van der Waals surface area contributed by atoms with Crippen LogP contribution in [0.3, 0.4) is 0 Å². The molecular weight excluding hydrogens is 841 g/mol. The molecule has 0 aliphatic heterocycles. The topological polar surface area (TPSA) is 0 Å². The van der Waals surface area contributed by atoms with Gasteiger partial charge in [-0.2, -0.15) is 0 Å². The Kier molecular flexibility index (Phi) is 48.6. The minimum atomic E-state index is 0.0694. The van der Waals surface area contributed by atoms with Gasteiger partial charge in [0.15, 0.2) is 0 Å². The molecule has 0 heterocycles. The van der Waals surface area contributed by atoms with E-state index in [1.54, 1.807) is 0 Å². The van der Waals surface area contributed by atoms with Crippen LogP contribution in [0.5, 0.6) is 0 Å². The van der Waals surface area contributed by atoms with Crippen LogP contribution in [0.1, 0.15) is 362 Å². The summed E-state index contributed by atoms with van der Waals surface area (Å²) in [6, 6.07) is 0. The molecule has 0 atom stereocenters. The van der Waals surface area contributed by atoms with Gasteiger partial charge in [0.05, 0.1) is 0 Å². The zero-order valence-corrected chi connectivity index (χ0v) is 59.2. The van der Waals surface area contributed by atoms with Crippen LogP contribution in [0, 0.1) is 95.1 Å². The van der Waals surface area contributed by atoms with Crippen LogP contribution < -0.4 is 0 Å². The van der Waals surface area contributed by atoms with Crippen molar-refractivity contribution in [2.45, 2.75) is 362 Å². The Bertz CT molecular complexity index is 986. The van der Waals surface area contributed by atoms with Crippen LogP contribution in [0.25, 0.3) is 0 Å². The largest absolute Gasteiger partial charge is 0.120 e. The number of rotatable bonds is 0. The van der Waals surface area contributed by atoms with Crippen molar-refractivity contribution in [3.05, 3.63) is 0 Å². The molecule has 2 fully saturated rings. The lowest BCUT2D eigenvalue weighted by atomic mass is 9.71. The van der Waals surface area contributed by atoms with E-state index < -0.39 is 0 Å². The summed E-state index contributed by atoms with van der Waals surface area (Å²) in [5.74, 6) is 5.42. The van der Waals surface area contributed by atoms with E-state index in [9.17, 15) is 0 Å². The molecule has 0 amide bonds. The predicted molar refractivity (Wildman–Crippen MR) is 340 cm³/mol. The van der Waals surface area contributed by atoms with Gasteiger partial charge >= 0.3 is 0 Å². The molecule has 0 saturated heterocycles. The molecule has 0 nitrogen and oxygen atoms in total. The van der Waals surface area contributed by atoms with Crippen molar-refractivity contribution in [2.75, 3.05) is 0 Å². The van der Waals surface area contributed by atoms with Gasteiger partial charge in [-0.25, -0.2) is 0 Å². The Morgan fingerprint density at radius 3 is 0.457 bits per heavy atom. The predicted octanol–water partition coefficient (Wildman–Crippen LogP) is 26.6. The standard InChI is InChI=1S/C10H20.C9H18.C8H18.C7H16.C6H10.6C5H12/c1-10(2,3)9-7-5-4-6-8-9;1-9(2,3)8-6-4-5-7-8;1-7(2,3)8(4,5)6;1-6(2)7(3,4)5;1-5-6(2,3)4;6*1-5(2,3)4/h9H,4-8H2,1-3H3;8H,4-7H2,1-3H3;1-6H3;6H,1-5H3;1H,2-4H3;6*1-4H3. The molecule has 2 rings (SSSR count). The third-order valence-electron chi connectivity index (χ3n) is 9.82. The summed E-state index contributed by atoms with van der Waals surface area (Å²) < 4.78 is 0. The van der Waals surface area contributed by atoms with Gasteiger partial charge in [0.2, 0.25) is 0 Å². The molecule has 70 heavy (non-hydrogen) atoms. The molecule has 0 unspecified atom stereocenters. The molecule has 0 bridgehead atoms. The first-order valence-electron chi connectivity index (χ1n) is 28.9. The molecule has 2 aliphatic carbocycles. The monoisotopic (exact) mass is 995 g/mol.